The Kier molecular flexibility index (Phi) is 6.27. The Bertz CT molecular complexity index is 847. The predicted molar refractivity (Wildman–Crippen MR) is 111 cm³/mol. The number of rotatable bonds is 4. The van der Waals surface area contributed by atoms with Crippen LogP contribution in [0.2, 0.25) is 0 Å². The third-order valence-electron chi connectivity index (χ3n) is 6.02. The molecule has 154 valence electrons. The summed E-state index contributed by atoms with van der Waals surface area (Å²) in [5.74, 6) is 0.143. The molecule has 1 aromatic heterocycles. The molecule has 6 heteroatoms. The minimum Gasteiger partial charge on any atom is -0.443 e. The second kappa shape index (κ2) is 9.25. The monoisotopic (exact) mass is 395 g/mol. The molecule has 1 aliphatic heterocycles. The fourth-order valence-corrected chi connectivity index (χ4v) is 4.41. The average molecular weight is 396 g/mol. The Morgan fingerprint density at radius 2 is 1.66 bits per heavy atom. The van der Waals surface area contributed by atoms with Crippen molar-refractivity contribution in [3.63, 3.8) is 0 Å². The molecule has 1 saturated heterocycles. The van der Waals surface area contributed by atoms with E-state index in [0.717, 1.165) is 51.6 Å². The molecular formula is C23H29N3O3. The van der Waals surface area contributed by atoms with E-state index in [-0.39, 0.29) is 23.6 Å². The molecule has 4 rings (SSSR count). The van der Waals surface area contributed by atoms with Gasteiger partial charge >= 0.3 is 0 Å². The van der Waals surface area contributed by atoms with Gasteiger partial charge in [-0.05, 0) is 38.2 Å². The van der Waals surface area contributed by atoms with Crippen molar-refractivity contribution in [3.05, 3.63) is 41.9 Å². The van der Waals surface area contributed by atoms with Crippen LogP contribution in [0.5, 0.6) is 0 Å². The summed E-state index contributed by atoms with van der Waals surface area (Å²) in [4.78, 5) is 32.1. The predicted octanol–water partition coefficient (Wildman–Crippen LogP) is 4.42. The lowest BCUT2D eigenvalue weighted by atomic mass is 10.0. The summed E-state index contributed by atoms with van der Waals surface area (Å²) in [6, 6.07) is 7.53. The molecule has 0 bridgehead atoms. The first kappa shape index (κ1) is 19.7. The Morgan fingerprint density at radius 3 is 2.41 bits per heavy atom. The van der Waals surface area contributed by atoms with E-state index in [1.165, 1.54) is 25.7 Å². The first-order chi connectivity index (χ1) is 14.2. The summed E-state index contributed by atoms with van der Waals surface area (Å²) >= 11 is 0. The fraction of sp³-hybridized carbons (Fsp3) is 0.522. The number of hydrogen-bond donors (Lipinski definition) is 1. The van der Waals surface area contributed by atoms with Crippen LogP contribution in [0, 0.1) is 0 Å². The number of piperidine rings is 1. The average Bonchev–Trinajstić information content (AvgIpc) is 3.12. The van der Waals surface area contributed by atoms with Crippen molar-refractivity contribution in [2.24, 2.45) is 0 Å². The topological polar surface area (TPSA) is 75.4 Å². The molecule has 0 atom stereocenters. The van der Waals surface area contributed by atoms with Crippen LogP contribution in [0.15, 0.2) is 35.1 Å². The van der Waals surface area contributed by atoms with E-state index in [1.54, 1.807) is 0 Å². The first-order valence-corrected chi connectivity index (χ1v) is 10.9. The molecule has 29 heavy (non-hydrogen) atoms. The van der Waals surface area contributed by atoms with Crippen LogP contribution in [0.25, 0.3) is 11.3 Å². The van der Waals surface area contributed by atoms with Gasteiger partial charge in [0, 0.05) is 24.7 Å². The molecule has 2 aliphatic rings. The molecule has 2 aromatic rings. The largest absolute Gasteiger partial charge is 0.443 e. The van der Waals surface area contributed by atoms with E-state index in [0.29, 0.717) is 16.9 Å². The number of nitrogens with zero attached hydrogens (tertiary/aromatic N) is 2. The van der Waals surface area contributed by atoms with Crippen LogP contribution in [-0.4, -0.2) is 40.8 Å². The van der Waals surface area contributed by atoms with Crippen LogP contribution in [0.1, 0.15) is 78.6 Å². The molecule has 6 nitrogen and oxygen atoms in total. The van der Waals surface area contributed by atoms with Gasteiger partial charge in [0.05, 0.1) is 5.56 Å². The number of nitrogens with one attached hydrogen (secondary N) is 1. The summed E-state index contributed by atoms with van der Waals surface area (Å²) in [6.07, 6.45) is 11.3. The number of carbonyl (C=O) groups is 2. The highest BCUT2D eigenvalue weighted by Gasteiger charge is 2.27. The van der Waals surface area contributed by atoms with Gasteiger partial charge in [-0.3, -0.25) is 9.59 Å². The molecule has 2 fully saturated rings. The third kappa shape index (κ3) is 4.52. The second-order valence-electron chi connectivity index (χ2n) is 8.09. The highest BCUT2D eigenvalue weighted by molar-refractivity contribution is 6.04. The lowest BCUT2D eigenvalue weighted by Gasteiger charge is -2.27. The van der Waals surface area contributed by atoms with Gasteiger partial charge in [-0.15, -0.1) is 0 Å². The quantitative estimate of drug-likeness (QED) is 0.778. The molecule has 0 spiro atoms. The van der Waals surface area contributed by atoms with Gasteiger partial charge in [-0.2, -0.15) is 0 Å². The van der Waals surface area contributed by atoms with E-state index in [2.05, 4.69) is 10.3 Å². The zero-order chi connectivity index (χ0) is 20.1. The van der Waals surface area contributed by atoms with Crippen molar-refractivity contribution in [1.29, 1.82) is 0 Å². The number of oxazole rings is 1. The van der Waals surface area contributed by atoms with Gasteiger partial charge in [0.2, 0.25) is 0 Å². The van der Waals surface area contributed by atoms with Crippen molar-refractivity contribution >= 4 is 11.8 Å². The van der Waals surface area contributed by atoms with Crippen LogP contribution in [0.3, 0.4) is 0 Å². The molecule has 2 heterocycles. The van der Waals surface area contributed by atoms with Crippen molar-refractivity contribution in [2.75, 3.05) is 13.1 Å². The molecule has 1 N–H and O–H groups in total. The number of carbonyl (C=O) groups excluding carboxylic acids is 2. The summed E-state index contributed by atoms with van der Waals surface area (Å²) in [6.45, 7) is 1.55. The van der Waals surface area contributed by atoms with Crippen molar-refractivity contribution < 1.29 is 14.0 Å². The second-order valence-corrected chi connectivity index (χ2v) is 8.09. The Morgan fingerprint density at radius 1 is 0.966 bits per heavy atom. The Balaban J connectivity index is 1.57. The minimum absolute atomic E-state index is 0.00757. The normalized spacial score (nSPS) is 18.3. The third-order valence-corrected chi connectivity index (χ3v) is 6.02. The Hall–Kier alpha value is -2.63. The standard InChI is InChI=1S/C23H29N3O3/c27-22(25-17-10-4-1-2-5-11-17)20-21(29-16-24-20)18-12-6-7-13-19(18)23(28)26-14-8-3-9-15-26/h6-7,12-13,16-17H,1-5,8-11,14-15H2,(H,25,27). The molecule has 0 radical (unpaired) electrons. The van der Waals surface area contributed by atoms with Crippen molar-refractivity contribution in [1.82, 2.24) is 15.2 Å². The number of amides is 2. The van der Waals surface area contributed by atoms with Gasteiger partial charge in [-0.25, -0.2) is 4.98 Å². The molecule has 2 amide bonds. The number of hydrogen-bond acceptors (Lipinski definition) is 4. The number of likely N-dealkylation sites (tertiary alicyclic amines) is 1. The number of benzene rings is 1. The van der Waals surface area contributed by atoms with Crippen molar-refractivity contribution in [3.8, 4) is 11.3 Å². The van der Waals surface area contributed by atoms with Gasteiger partial charge in [0.25, 0.3) is 11.8 Å². The van der Waals surface area contributed by atoms with E-state index < -0.39 is 0 Å². The van der Waals surface area contributed by atoms with Gasteiger partial charge in [0.15, 0.2) is 17.8 Å². The van der Waals surface area contributed by atoms with Crippen molar-refractivity contribution in [2.45, 2.75) is 63.8 Å². The van der Waals surface area contributed by atoms with Gasteiger partial charge in [0.1, 0.15) is 0 Å². The molecule has 1 aromatic carbocycles. The summed E-state index contributed by atoms with van der Waals surface area (Å²) in [5, 5.41) is 3.13. The SMILES string of the molecule is O=C(NC1CCCCCC1)c1ncoc1-c1ccccc1C(=O)N1CCCCC1. The summed E-state index contributed by atoms with van der Waals surface area (Å²) in [5.41, 5.74) is 1.45. The first-order valence-electron chi connectivity index (χ1n) is 10.9. The summed E-state index contributed by atoms with van der Waals surface area (Å²) < 4.78 is 5.62. The molecule has 0 unspecified atom stereocenters. The maximum atomic E-state index is 13.1. The molecular weight excluding hydrogens is 366 g/mol. The molecule has 1 saturated carbocycles. The maximum Gasteiger partial charge on any atom is 0.274 e. The zero-order valence-electron chi connectivity index (χ0n) is 16.9. The van der Waals surface area contributed by atoms with E-state index in [9.17, 15) is 9.59 Å². The zero-order valence-corrected chi connectivity index (χ0v) is 16.9. The van der Waals surface area contributed by atoms with E-state index >= 15 is 0 Å². The lowest BCUT2D eigenvalue weighted by Crippen LogP contribution is -2.36. The highest BCUT2D eigenvalue weighted by Crippen LogP contribution is 2.29. The summed E-state index contributed by atoms with van der Waals surface area (Å²) in [7, 11) is 0. The molecule has 1 aliphatic carbocycles. The minimum atomic E-state index is -0.221. The Labute approximate surface area is 171 Å². The smallest absolute Gasteiger partial charge is 0.274 e. The van der Waals surface area contributed by atoms with Gasteiger partial charge in [-0.1, -0.05) is 43.9 Å². The van der Waals surface area contributed by atoms with Gasteiger partial charge < -0.3 is 14.6 Å². The maximum absolute atomic E-state index is 13.1. The fourth-order valence-electron chi connectivity index (χ4n) is 4.41. The van der Waals surface area contributed by atoms with Crippen LogP contribution in [0.4, 0.5) is 0 Å². The van der Waals surface area contributed by atoms with Crippen LogP contribution >= 0.6 is 0 Å². The van der Waals surface area contributed by atoms with Crippen LogP contribution < -0.4 is 5.32 Å². The number of aromatic nitrogens is 1. The lowest BCUT2D eigenvalue weighted by molar-refractivity contribution is 0.0724. The van der Waals surface area contributed by atoms with Crippen LogP contribution in [-0.2, 0) is 0 Å². The highest BCUT2D eigenvalue weighted by atomic mass is 16.3. The van der Waals surface area contributed by atoms with E-state index in [4.69, 9.17) is 4.42 Å². The van der Waals surface area contributed by atoms with E-state index in [1.807, 2.05) is 29.2 Å².